The Bertz CT molecular complexity index is 358. The van der Waals surface area contributed by atoms with E-state index in [4.69, 9.17) is 11.5 Å². The van der Waals surface area contributed by atoms with E-state index in [9.17, 15) is 0 Å². The molecule has 2 heteroatoms. The minimum atomic E-state index is 0.150. The molecule has 0 heterocycles. The number of rotatable bonds is 4. The van der Waals surface area contributed by atoms with Crippen molar-refractivity contribution in [1.29, 1.82) is 0 Å². The maximum Gasteiger partial charge on any atom is 0.0295 e. The molecule has 2 unspecified atom stereocenters. The molecule has 0 aliphatic heterocycles. The first-order valence-corrected chi connectivity index (χ1v) is 6.29. The lowest BCUT2D eigenvalue weighted by molar-refractivity contribution is 0.555. The van der Waals surface area contributed by atoms with Crippen molar-refractivity contribution in [2.24, 2.45) is 11.5 Å². The zero-order valence-corrected chi connectivity index (χ0v) is 10.1. The van der Waals surface area contributed by atoms with Crippen LogP contribution >= 0.6 is 0 Å². The Morgan fingerprint density at radius 3 is 2.62 bits per heavy atom. The van der Waals surface area contributed by atoms with Gasteiger partial charge in [0.25, 0.3) is 0 Å². The maximum absolute atomic E-state index is 6.18. The molecule has 0 fully saturated rings. The van der Waals surface area contributed by atoms with Gasteiger partial charge < -0.3 is 11.5 Å². The first-order chi connectivity index (χ1) is 7.66. The lowest BCUT2D eigenvalue weighted by Crippen LogP contribution is -2.19. The highest BCUT2D eigenvalue weighted by Gasteiger charge is 2.13. The largest absolute Gasteiger partial charge is 0.328 e. The maximum atomic E-state index is 6.18. The van der Waals surface area contributed by atoms with E-state index in [0.717, 1.165) is 12.8 Å². The fourth-order valence-electron chi connectivity index (χ4n) is 2.43. The SMILES string of the molecule is CC(N)CCC(N)c1ccc2c(c1)CCC2. The number of aryl methyl sites for hydroxylation is 2. The normalized spacial score (nSPS) is 18.2. The van der Waals surface area contributed by atoms with Gasteiger partial charge in [0.15, 0.2) is 0 Å². The highest BCUT2D eigenvalue weighted by atomic mass is 14.6. The summed E-state index contributed by atoms with van der Waals surface area (Å²) in [7, 11) is 0. The second-order valence-electron chi connectivity index (χ2n) is 5.04. The molecule has 2 nitrogen and oxygen atoms in total. The molecule has 16 heavy (non-hydrogen) atoms. The van der Waals surface area contributed by atoms with Gasteiger partial charge in [-0.2, -0.15) is 0 Å². The summed E-state index contributed by atoms with van der Waals surface area (Å²) in [5.41, 5.74) is 16.2. The van der Waals surface area contributed by atoms with E-state index in [1.54, 1.807) is 0 Å². The molecular weight excluding hydrogens is 196 g/mol. The molecule has 1 aromatic rings. The van der Waals surface area contributed by atoms with Crippen molar-refractivity contribution in [3.05, 3.63) is 34.9 Å². The Morgan fingerprint density at radius 2 is 1.88 bits per heavy atom. The van der Waals surface area contributed by atoms with Crippen LogP contribution in [0.2, 0.25) is 0 Å². The number of nitrogens with two attached hydrogens (primary N) is 2. The van der Waals surface area contributed by atoms with Crippen LogP contribution in [0.4, 0.5) is 0 Å². The molecule has 0 amide bonds. The van der Waals surface area contributed by atoms with Gasteiger partial charge in [0.05, 0.1) is 0 Å². The third kappa shape index (κ3) is 2.63. The molecule has 88 valence electrons. The summed E-state index contributed by atoms with van der Waals surface area (Å²) >= 11 is 0. The van der Waals surface area contributed by atoms with Gasteiger partial charge in [-0.05, 0) is 55.7 Å². The summed E-state index contributed by atoms with van der Waals surface area (Å²) < 4.78 is 0. The lowest BCUT2D eigenvalue weighted by Gasteiger charge is -2.14. The molecule has 2 atom stereocenters. The standard InChI is InChI=1S/C14H22N2/c1-10(15)5-8-14(16)13-7-6-11-3-2-4-12(11)9-13/h6-7,9-10,14H,2-5,8,15-16H2,1H3. The average molecular weight is 218 g/mol. The van der Waals surface area contributed by atoms with Crippen LogP contribution in [0.3, 0.4) is 0 Å². The van der Waals surface area contributed by atoms with Crippen LogP contribution in [0, 0.1) is 0 Å². The predicted molar refractivity (Wildman–Crippen MR) is 68.3 cm³/mol. The molecule has 0 bridgehead atoms. The van der Waals surface area contributed by atoms with E-state index in [1.165, 1.54) is 36.0 Å². The molecule has 1 aliphatic carbocycles. The van der Waals surface area contributed by atoms with E-state index in [2.05, 4.69) is 18.2 Å². The second kappa shape index (κ2) is 4.98. The summed E-state index contributed by atoms with van der Waals surface area (Å²) in [4.78, 5) is 0. The van der Waals surface area contributed by atoms with Crippen LogP contribution in [0.15, 0.2) is 18.2 Å². The summed E-state index contributed by atoms with van der Waals surface area (Å²) in [5.74, 6) is 0. The van der Waals surface area contributed by atoms with Crippen LogP contribution in [0.5, 0.6) is 0 Å². The summed E-state index contributed by atoms with van der Waals surface area (Å²) in [6.45, 7) is 2.04. The number of hydrogen-bond donors (Lipinski definition) is 2. The van der Waals surface area contributed by atoms with Crippen molar-refractivity contribution in [3.8, 4) is 0 Å². The monoisotopic (exact) mass is 218 g/mol. The molecule has 1 aromatic carbocycles. The molecule has 0 aromatic heterocycles. The minimum Gasteiger partial charge on any atom is -0.328 e. The lowest BCUT2D eigenvalue weighted by atomic mass is 9.97. The Balaban J connectivity index is 2.03. The molecular formula is C14H22N2. The molecule has 4 N–H and O–H groups in total. The fraction of sp³-hybridized carbons (Fsp3) is 0.571. The van der Waals surface area contributed by atoms with Crippen molar-refractivity contribution in [2.45, 2.75) is 51.1 Å². The average Bonchev–Trinajstić information content (AvgIpc) is 2.72. The van der Waals surface area contributed by atoms with Crippen molar-refractivity contribution in [3.63, 3.8) is 0 Å². The van der Waals surface area contributed by atoms with E-state index < -0.39 is 0 Å². The number of fused-ring (bicyclic) bond motifs is 1. The van der Waals surface area contributed by atoms with Gasteiger partial charge in [0, 0.05) is 12.1 Å². The summed E-state index contributed by atoms with van der Waals surface area (Å²) in [6, 6.07) is 7.14. The summed E-state index contributed by atoms with van der Waals surface area (Å²) in [5, 5.41) is 0. The van der Waals surface area contributed by atoms with Crippen molar-refractivity contribution < 1.29 is 0 Å². The topological polar surface area (TPSA) is 52.0 Å². The molecule has 0 radical (unpaired) electrons. The molecule has 0 saturated heterocycles. The van der Waals surface area contributed by atoms with Crippen LogP contribution in [-0.4, -0.2) is 6.04 Å². The number of hydrogen-bond acceptors (Lipinski definition) is 2. The minimum absolute atomic E-state index is 0.150. The van der Waals surface area contributed by atoms with Gasteiger partial charge in [-0.1, -0.05) is 18.2 Å². The highest BCUT2D eigenvalue weighted by Crippen LogP contribution is 2.26. The van der Waals surface area contributed by atoms with E-state index in [0.29, 0.717) is 0 Å². The Morgan fingerprint density at radius 1 is 1.12 bits per heavy atom. The van der Waals surface area contributed by atoms with Crippen LogP contribution in [0.1, 0.15) is 48.9 Å². The smallest absolute Gasteiger partial charge is 0.0295 e. The fourth-order valence-corrected chi connectivity index (χ4v) is 2.43. The quantitative estimate of drug-likeness (QED) is 0.814. The van der Waals surface area contributed by atoms with Crippen LogP contribution < -0.4 is 11.5 Å². The molecule has 0 saturated carbocycles. The summed E-state index contributed by atoms with van der Waals surface area (Å²) in [6.07, 6.45) is 5.75. The third-order valence-corrected chi connectivity index (χ3v) is 3.48. The van der Waals surface area contributed by atoms with Gasteiger partial charge >= 0.3 is 0 Å². The van der Waals surface area contributed by atoms with Gasteiger partial charge in [0.1, 0.15) is 0 Å². The Kier molecular flexibility index (Phi) is 3.62. The van der Waals surface area contributed by atoms with Gasteiger partial charge in [-0.3, -0.25) is 0 Å². The molecule has 2 rings (SSSR count). The zero-order valence-electron chi connectivity index (χ0n) is 10.1. The Labute approximate surface area is 98.0 Å². The zero-order chi connectivity index (χ0) is 11.5. The van der Waals surface area contributed by atoms with E-state index in [1.807, 2.05) is 6.92 Å². The van der Waals surface area contributed by atoms with E-state index in [-0.39, 0.29) is 12.1 Å². The van der Waals surface area contributed by atoms with Crippen molar-refractivity contribution in [2.75, 3.05) is 0 Å². The first-order valence-electron chi connectivity index (χ1n) is 6.29. The Hall–Kier alpha value is -0.860. The van der Waals surface area contributed by atoms with Crippen molar-refractivity contribution >= 4 is 0 Å². The predicted octanol–water partition coefficient (Wildman–Crippen LogP) is 2.30. The molecule has 1 aliphatic rings. The second-order valence-corrected chi connectivity index (χ2v) is 5.04. The molecule has 0 spiro atoms. The first kappa shape index (κ1) is 11.6. The van der Waals surface area contributed by atoms with E-state index >= 15 is 0 Å². The third-order valence-electron chi connectivity index (χ3n) is 3.48. The van der Waals surface area contributed by atoms with Crippen molar-refractivity contribution in [1.82, 2.24) is 0 Å². The van der Waals surface area contributed by atoms with Gasteiger partial charge in [-0.15, -0.1) is 0 Å². The van der Waals surface area contributed by atoms with Gasteiger partial charge in [0.2, 0.25) is 0 Å². The van der Waals surface area contributed by atoms with Crippen LogP contribution in [0.25, 0.3) is 0 Å². The number of benzene rings is 1. The van der Waals surface area contributed by atoms with Crippen LogP contribution in [-0.2, 0) is 12.8 Å². The highest BCUT2D eigenvalue weighted by molar-refractivity contribution is 5.36. The van der Waals surface area contributed by atoms with Gasteiger partial charge in [-0.25, -0.2) is 0 Å².